The molecule has 1 rings (SSSR count). The first-order valence-corrected chi connectivity index (χ1v) is 7.17. The minimum Gasteiger partial charge on any atom is -0.329 e. The fourth-order valence-electron chi connectivity index (χ4n) is 3.24. The Bertz CT molecular complexity index is 193. The lowest BCUT2D eigenvalue weighted by Gasteiger charge is -2.40. The highest BCUT2D eigenvalue weighted by atomic mass is 15.2. The van der Waals surface area contributed by atoms with Crippen molar-refractivity contribution in [1.82, 2.24) is 4.90 Å². The molecule has 2 nitrogen and oxygen atoms in total. The Balaban J connectivity index is 2.62. The molecule has 2 unspecified atom stereocenters. The van der Waals surface area contributed by atoms with Crippen LogP contribution in [0.3, 0.4) is 0 Å². The molecule has 0 aromatic carbocycles. The molecule has 0 heterocycles. The fourth-order valence-corrected chi connectivity index (χ4v) is 3.24. The van der Waals surface area contributed by atoms with E-state index in [0.717, 1.165) is 19.0 Å². The van der Waals surface area contributed by atoms with Gasteiger partial charge in [0.25, 0.3) is 0 Å². The number of hydrogen-bond acceptors (Lipinski definition) is 2. The van der Waals surface area contributed by atoms with Crippen LogP contribution in [-0.4, -0.2) is 30.1 Å². The Labute approximate surface area is 102 Å². The molecule has 2 N–H and O–H groups in total. The average molecular weight is 226 g/mol. The van der Waals surface area contributed by atoms with Crippen molar-refractivity contribution in [2.75, 3.05) is 19.6 Å². The second-order valence-electron chi connectivity index (χ2n) is 5.38. The van der Waals surface area contributed by atoms with Gasteiger partial charge < -0.3 is 5.73 Å². The van der Waals surface area contributed by atoms with E-state index in [1.54, 1.807) is 0 Å². The molecule has 0 radical (unpaired) electrons. The Morgan fingerprint density at radius 3 is 2.50 bits per heavy atom. The average Bonchev–Trinajstić information content (AvgIpc) is 2.75. The van der Waals surface area contributed by atoms with E-state index in [-0.39, 0.29) is 0 Å². The minimum atomic E-state index is 0.338. The summed E-state index contributed by atoms with van der Waals surface area (Å²) in [6.07, 6.45) is 7.96. The normalized spacial score (nSPS) is 30.2. The lowest BCUT2D eigenvalue weighted by Crippen LogP contribution is -2.52. The third kappa shape index (κ3) is 2.98. The fraction of sp³-hybridized carbons (Fsp3) is 1.00. The summed E-state index contributed by atoms with van der Waals surface area (Å²) >= 11 is 0. The van der Waals surface area contributed by atoms with Crippen LogP contribution in [0.2, 0.25) is 0 Å². The molecular weight excluding hydrogens is 196 g/mol. The zero-order valence-electron chi connectivity index (χ0n) is 11.5. The summed E-state index contributed by atoms with van der Waals surface area (Å²) in [4.78, 5) is 2.66. The van der Waals surface area contributed by atoms with E-state index in [2.05, 4.69) is 25.7 Å². The standard InChI is InChI=1S/C14H30N2/c1-4-7-10-16(6-3)14(12-15)9-8-13(5-2)11-14/h13H,4-12,15H2,1-3H3. The number of hydrogen-bond donors (Lipinski definition) is 1. The molecule has 1 saturated carbocycles. The van der Waals surface area contributed by atoms with Crippen LogP contribution in [-0.2, 0) is 0 Å². The Morgan fingerprint density at radius 2 is 2.06 bits per heavy atom. The van der Waals surface area contributed by atoms with Gasteiger partial charge in [0.15, 0.2) is 0 Å². The van der Waals surface area contributed by atoms with Gasteiger partial charge >= 0.3 is 0 Å². The summed E-state index contributed by atoms with van der Waals surface area (Å²) in [6, 6.07) is 0. The maximum absolute atomic E-state index is 6.09. The molecule has 1 aliphatic carbocycles. The molecule has 0 spiro atoms. The first-order valence-electron chi connectivity index (χ1n) is 7.17. The number of unbranched alkanes of at least 4 members (excludes halogenated alkanes) is 1. The van der Waals surface area contributed by atoms with E-state index in [0.29, 0.717) is 5.54 Å². The molecule has 0 aliphatic heterocycles. The molecule has 16 heavy (non-hydrogen) atoms. The van der Waals surface area contributed by atoms with Gasteiger partial charge in [-0.2, -0.15) is 0 Å². The minimum absolute atomic E-state index is 0.338. The quantitative estimate of drug-likeness (QED) is 0.723. The van der Waals surface area contributed by atoms with E-state index in [1.165, 1.54) is 45.1 Å². The molecule has 2 atom stereocenters. The van der Waals surface area contributed by atoms with Gasteiger partial charge in [-0.05, 0) is 44.7 Å². The first-order chi connectivity index (χ1) is 7.72. The molecule has 0 bridgehead atoms. The summed E-state index contributed by atoms with van der Waals surface area (Å²) in [6.45, 7) is 10.1. The van der Waals surface area contributed by atoms with Crippen LogP contribution in [0, 0.1) is 5.92 Å². The van der Waals surface area contributed by atoms with Crippen LogP contribution in [0.1, 0.15) is 59.3 Å². The zero-order chi connectivity index (χ0) is 12.0. The lowest BCUT2D eigenvalue weighted by atomic mass is 9.92. The van der Waals surface area contributed by atoms with Gasteiger partial charge in [-0.3, -0.25) is 4.90 Å². The highest BCUT2D eigenvalue weighted by molar-refractivity contribution is 4.98. The van der Waals surface area contributed by atoms with Gasteiger partial charge in [0.1, 0.15) is 0 Å². The Morgan fingerprint density at radius 1 is 1.31 bits per heavy atom. The molecule has 0 aromatic rings. The second-order valence-corrected chi connectivity index (χ2v) is 5.38. The maximum Gasteiger partial charge on any atom is 0.0334 e. The van der Waals surface area contributed by atoms with Gasteiger partial charge in [-0.25, -0.2) is 0 Å². The summed E-state index contributed by atoms with van der Waals surface area (Å²) in [5.41, 5.74) is 6.43. The zero-order valence-corrected chi connectivity index (χ0v) is 11.5. The first kappa shape index (κ1) is 14.0. The molecule has 1 fully saturated rings. The third-order valence-corrected chi connectivity index (χ3v) is 4.48. The van der Waals surface area contributed by atoms with Crippen molar-refractivity contribution in [3.63, 3.8) is 0 Å². The monoisotopic (exact) mass is 226 g/mol. The van der Waals surface area contributed by atoms with E-state index in [1.807, 2.05) is 0 Å². The van der Waals surface area contributed by atoms with Gasteiger partial charge in [0, 0.05) is 12.1 Å². The van der Waals surface area contributed by atoms with Crippen molar-refractivity contribution in [1.29, 1.82) is 0 Å². The summed E-state index contributed by atoms with van der Waals surface area (Å²) < 4.78 is 0. The van der Waals surface area contributed by atoms with Crippen molar-refractivity contribution >= 4 is 0 Å². The van der Waals surface area contributed by atoms with Crippen molar-refractivity contribution in [2.45, 2.75) is 64.8 Å². The lowest BCUT2D eigenvalue weighted by molar-refractivity contribution is 0.0991. The SMILES string of the molecule is CCCCN(CC)C1(CN)CCC(CC)C1. The molecule has 96 valence electrons. The summed E-state index contributed by atoms with van der Waals surface area (Å²) in [5, 5.41) is 0. The topological polar surface area (TPSA) is 29.3 Å². The van der Waals surface area contributed by atoms with Crippen molar-refractivity contribution in [3.8, 4) is 0 Å². The summed E-state index contributed by atoms with van der Waals surface area (Å²) in [7, 11) is 0. The van der Waals surface area contributed by atoms with Crippen LogP contribution in [0.15, 0.2) is 0 Å². The highest BCUT2D eigenvalue weighted by Gasteiger charge is 2.40. The van der Waals surface area contributed by atoms with E-state index < -0.39 is 0 Å². The van der Waals surface area contributed by atoms with E-state index >= 15 is 0 Å². The largest absolute Gasteiger partial charge is 0.329 e. The van der Waals surface area contributed by atoms with Crippen molar-refractivity contribution < 1.29 is 0 Å². The highest BCUT2D eigenvalue weighted by Crippen LogP contribution is 2.39. The summed E-state index contributed by atoms with van der Waals surface area (Å²) in [5.74, 6) is 0.916. The number of nitrogens with two attached hydrogens (primary N) is 1. The van der Waals surface area contributed by atoms with Crippen LogP contribution in [0.5, 0.6) is 0 Å². The third-order valence-electron chi connectivity index (χ3n) is 4.48. The molecule has 0 amide bonds. The van der Waals surface area contributed by atoms with Crippen molar-refractivity contribution in [2.24, 2.45) is 11.7 Å². The Kier molecular flexibility index (Phi) is 5.77. The van der Waals surface area contributed by atoms with Crippen LogP contribution in [0.4, 0.5) is 0 Å². The number of rotatable bonds is 7. The van der Waals surface area contributed by atoms with E-state index in [4.69, 9.17) is 5.73 Å². The molecule has 1 aliphatic rings. The molecule has 0 saturated heterocycles. The molecule has 2 heteroatoms. The van der Waals surface area contributed by atoms with Gasteiger partial charge in [0.05, 0.1) is 0 Å². The Hall–Kier alpha value is -0.0800. The van der Waals surface area contributed by atoms with Crippen molar-refractivity contribution in [3.05, 3.63) is 0 Å². The predicted octanol–water partition coefficient (Wildman–Crippen LogP) is 3.02. The smallest absolute Gasteiger partial charge is 0.0334 e. The number of nitrogens with zero attached hydrogens (tertiary/aromatic N) is 1. The maximum atomic E-state index is 6.09. The van der Waals surface area contributed by atoms with Gasteiger partial charge in [0.2, 0.25) is 0 Å². The predicted molar refractivity (Wildman–Crippen MR) is 71.6 cm³/mol. The van der Waals surface area contributed by atoms with Gasteiger partial charge in [-0.1, -0.05) is 33.6 Å². The van der Waals surface area contributed by atoms with E-state index in [9.17, 15) is 0 Å². The van der Waals surface area contributed by atoms with Crippen LogP contribution < -0.4 is 5.73 Å². The molecule has 0 aromatic heterocycles. The van der Waals surface area contributed by atoms with Crippen LogP contribution in [0.25, 0.3) is 0 Å². The second kappa shape index (κ2) is 6.61. The number of likely N-dealkylation sites (N-methyl/N-ethyl adjacent to an activating group) is 1. The molecular formula is C14H30N2. The van der Waals surface area contributed by atoms with Crippen LogP contribution >= 0.6 is 0 Å². The van der Waals surface area contributed by atoms with Gasteiger partial charge in [-0.15, -0.1) is 0 Å².